The molecule has 0 unspecified atom stereocenters. The molecule has 118 valence electrons. The van der Waals surface area contributed by atoms with Crippen molar-refractivity contribution in [2.24, 2.45) is 23.7 Å². The molecule has 1 aromatic heterocycles. The smallest absolute Gasteiger partial charge is 0.274 e. The Kier molecular flexibility index (Phi) is 2.64. The number of allylic oxidation sites excluding steroid dienone is 2. The number of aromatic amines is 1. The summed E-state index contributed by atoms with van der Waals surface area (Å²) in [5.74, 6) is -2.35. The number of anilines is 1. The molecule has 8 heteroatoms. The molecule has 1 aliphatic heterocycles. The molecular weight excluding hydrogens is 302 g/mol. The lowest BCUT2D eigenvalue weighted by Gasteiger charge is -2.16. The van der Waals surface area contributed by atoms with E-state index < -0.39 is 40.8 Å². The molecule has 3 aliphatic rings. The van der Waals surface area contributed by atoms with Crippen LogP contribution in [0.25, 0.3) is 0 Å². The van der Waals surface area contributed by atoms with Gasteiger partial charge >= 0.3 is 5.69 Å². The molecule has 2 aliphatic carbocycles. The van der Waals surface area contributed by atoms with E-state index in [0.29, 0.717) is 4.57 Å². The SMILES string of the molecule is CC(=O)n1cc(N2C(=O)[C@@H]3[C@H](C2=O)[C@H]2C=C[C@H]3C2)c(=O)[nH]c1=O. The highest BCUT2D eigenvalue weighted by atomic mass is 16.2. The van der Waals surface area contributed by atoms with Crippen LogP contribution >= 0.6 is 0 Å². The maximum Gasteiger partial charge on any atom is 0.335 e. The molecule has 1 saturated carbocycles. The fraction of sp³-hybridized carbons (Fsp3) is 0.400. The van der Waals surface area contributed by atoms with E-state index in [2.05, 4.69) is 0 Å². The standard InChI is InChI=1S/C15H13N3O5/c1-6(19)17-5-9(12(20)16-15(17)23)18-13(21)10-7-2-3-8(4-7)11(10)14(18)22/h2-3,5,7-8,10-11H,4H2,1H3,(H,16,20,23)/t7-,8-,10-,11+/m0/s1. The summed E-state index contributed by atoms with van der Waals surface area (Å²) in [5, 5.41) is 0. The Morgan fingerprint density at radius 1 is 1.09 bits per heavy atom. The largest absolute Gasteiger partial charge is 0.335 e. The third-order valence-electron chi connectivity index (χ3n) is 4.97. The quantitative estimate of drug-likeness (QED) is 0.555. The number of carbonyl (C=O) groups is 3. The van der Waals surface area contributed by atoms with E-state index in [9.17, 15) is 24.0 Å². The number of fused-ring (bicyclic) bond motifs is 5. The number of nitrogens with zero attached hydrogens (tertiary/aromatic N) is 2. The molecule has 0 spiro atoms. The lowest BCUT2D eigenvalue weighted by atomic mass is 9.85. The van der Waals surface area contributed by atoms with Gasteiger partial charge in [-0.25, -0.2) is 14.3 Å². The van der Waals surface area contributed by atoms with Crippen LogP contribution in [-0.4, -0.2) is 27.3 Å². The molecule has 2 amide bonds. The number of rotatable bonds is 1. The predicted octanol–water partition coefficient (Wildman–Crippen LogP) is -0.492. The van der Waals surface area contributed by atoms with Gasteiger partial charge in [0.05, 0.1) is 11.8 Å². The van der Waals surface area contributed by atoms with Gasteiger partial charge in [0, 0.05) is 13.1 Å². The molecule has 2 bridgehead atoms. The monoisotopic (exact) mass is 315 g/mol. The molecule has 23 heavy (non-hydrogen) atoms. The van der Waals surface area contributed by atoms with E-state index in [1.165, 1.54) is 0 Å². The van der Waals surface area contributed by atoms with Gasteiger partial charge in [-0.2, -0.15) is 0 Å². The number of hydrogen-bond acceptors (Lipinski definition) is 5. The molecule has 2 fully saturated rings. The maximum atomic E-state index is 12.7. The summed E-state index contributed by atoms with van der Waals surface area (Å²) in [4.78, 5) is 63.2. The fourth-order valence-corrected chi connectivity index (χ4v) is 3.99. The summed E-state index contributed by atoms with van der Waals surface area (Å²) in [5.41, 5.74) is -2.02. The van der Waals surface area contributed by atoms with Gasteiger partial charge in [-0.3, -0.25) is 24.2 Å². The first kappa shape index (κ1) is 13.9. The van der Waals surface area contributed by atoms with E-state index in [1.807, 2.05) is 17.1 Å². The van der Waals surface area contributed by atoms with E-state index in [0.717, 1.165) is 24.4 Å². The van der Waals surface area contributed by atoms with Crippen molar-refractivity contribution >= 4 is 23.4 Å². The van der Waals surface area contributed by atoms with Gasteiger partial charge in [-0.15, -0.1) is 0 Å². The number of nitrogens with one attached hydrogen (secondary N) is 1. The minimum atomic E-state index is -0.896. The molecule has 8 nitrogen and oxygen atoms in total. The first-order valence-corrected chi connectivity index (χ1v) is 7.33. The van der Waals surface area contributed by atoms with Crippen LogP contribution in [0.3, 0.4) is 0 Å². The molecular formula is C15H13N3O5. The zero-order chi connectivity index (χ0) is 16.5. The van der Waals surface area contributed by atoms with Crippen LogP contribution in [0.15, 0.2) is 27.9 Å². The highest BCUT2D eigenvalue weighted by molar-refractivity contribution is 6.22. The van der Waals surface area contributed by atoms with Crippen LogP contribution in [0.2, 0.25) is 0 Å². The number of H-pyrrole nitrogens is 1. The molecule has 0 aromatic carbocycles. The third kappa shape index (κ3) is 1.68. The predicted molar refractivity (Wildman–Crippen MR) is 77.8 cm³/mol. The first-order valence-electron chi connectivity index (χ1n) is 7.33. The molecule has 2 heterocycles. The van der Waals surface area contributed by atoms with Gasteiger partial charge in [0.15, 0.2) is 0 Å². The second-order valence-electron chi connectivity index (χ2n) is 6.17. The summed E-state index contributed by atoms with van der Waals surface area (Å²) >= 11 is 0. The van der Waals surface area contributed by atoms with Crippen LogP contribution < -0.4 is 16.1 Å². The number of hydrogen-bond donors (Lipinski definition) is 1. The molecule has 4 rings (SSSR count). The van der Waals surface area contributed by atoms with E-state index in [-0.39, 0.29) is 17.5 Å². The van der Waals surface area contributed by atoms with E-state index >= 15 is 0 Å². The zero-order valence-corrected chi connectivity index (χ0v) is 12.2. The fourth-order valence-electron chi connectivity index (χ4n) is 3.99. The molecule has 1 N–H and O–H groups in total. The average molecular weight is 315 g/mol. The van der Waals surface area contributed by atoms with Crippen LogP contribution in [0.1, 0.15) is 18.1 Å². The lowest BCUT2D eigenvalue weighted by Crippen LogP contribution is -2.41. The molecule has 4 atom stereocenters. The van der Waals surface area contributed by atoms with Gasteiger partial charge in [0.2, 0.25) is 17.7 Å². The topological polar surface area (TPSA) is 109 Å². The third-order valence-corrected chi connectivity index (χ3v) is 4.97. The van der Waals surface area contributed by atoms with Crippen molar-refractivity contribution in [2.75, 3.05) is 4.90 Å². The van der Waals surface area contributed by atoms with Gasteiger partial charge in [-0.05, 0) is 18.3 Å². The van der Waals surface area contributed by atoms with Crippen molar-refractivity contribution in [3.05, 3.63) is 39.2 Å². The van der Waals surface area contributed by atoms with E-state index in [4.69, 9.17) is 0 Å². The van der Waals surface area contributed by atoms with Crippen LogP contribution in [-0.2, 0) is 9.59 Å². The van der Waals surface area contributed by atoms with Crippen LogP contribution in [0.4, 0.5) is 5.69 Å². The Hall–Kier alpha value is -2.77. The second kappa shape index (κ2) is 4.37. The minimum absolute atomic E-state index is 0.0178. The Morgan fingerprint density at radius 3 is 2.17 bits per heavy atom. The van der Waals surface area contributed by atoms with Gasteiger partial charge < -0.3 is 0 Å². The highest BCUT2D eigenvalue weighted by Crippen LogP contribution is 2.52. The summed E-state index contributed by atoms with van der Waals surface area (Å²) in [7, 11) is 0. The average Bonchev–Trinajstić information content (AvgIpc) is 3.14. The maximum absolute atomic E-state index is 12.7. The summed E-state index contributed by atoms with van der Waals surface area (Å²) in [6.07, 6.45) is 5.64. The lowest BCUT2D eigenvalue weighted by molar-refractivity contribution is -0.123. The minimum Gasteiger partial charge on any atom is -0.274 e. The summed E-state index contributed by atoms with van der Waals surface area (Å²) < 4.78 is 0.679. The summed E-state index contributed by atoms with van der Waals surface area (Å²) in [6, 6.07) is 0. The van der Waals surface area contributed by atoms with Crippen molar-refractivity contribution in [2.45, 2.75) is 13.3 Å². The number of carbonyl (C=O) groups excluding carboxylic acids is 3. The first-order chi connectivity index (χ1) is 10.9. The van der Waals surface area contributed by atoms with Gasteiger partial charge in [-0.1, -0.05) is 12.2 Å². The van der Waals surface area contributed by atoms with Crippen molar-refractivity contribution in [1.82, 2.24) is 9.55 Å². The van der Waals surface area contributed by atoms with E-state index in [1.54, 1.807) is 0 Å². The number of aromatic nitrogens is 2. The van der Waals surface area contributed by atoms with Crippen molar-refractivity contribution in [1.29, 1.82) is 0 Å². The Labute approximate surface area is 129 Å². The Morgan fingerprint density at radius 2 is 1.65 bits per heavy atom. The molecule has 0 radical (unpaired) electrons. The van der Waals surface area contributed by atoms with Gasteiger partial charge in [0.1, 0.15) is 5.69 Å². The summed E-state index contributed by atoms with van der Waals surface area (Å²) in [6.45, 7) is 1.15. The highest BCUT2D eigenvalue weighted by Gasteiger charge is 2.60. The molecule has 1 saturated heterocycles. The molecule has 1 aromatic rings. The number of imide groups is 1. The van der Waals surface area contributed by atoms with Crippen LogP contribution in [0, 0.1) is 23.7 Å². The Balaban J connectivity index is 1.84. The van der Waals surface area contributed by atoms with Crippen LogP contribution in [0.5, 0.6) is 0 Å². The van der Waals surface area contributed by atoms with Crippen molar-refractivity contribution < 1.29 is 14.4 Å². The zero-order valence-electron chi connectivity index (χ0n) is 12.2. The van der Waals surface area contributed by atoms with Gasteiger partial charge in [0.25, 0.3) is 5.56 Å². The van der Waals surface area contributed by atoms with Crippen molar-refractivity contribution in [3.63, 3.8) is 0 Å². The Bertz CT molecular complexity index is 878. The normalized spacial score (nSPS) is 31.1. The van der Waals surface area contributed by atoms with Crippen molar-refractivity contribution in [3.8, 4) is 0 Å². The number of amides is 2. The second-order valence-corrected chi connectivity index (χ2v) is 6.17.